The molecule has 0 aliphatic carbocycles. The maximum Gasteiger partial charge on any atom is 0.270 e. The molecule has 0 aromatic heterocycles. The third-order valence-electron chi connectivity index (χ3n) is 3.35. The molecule has 120 valence electrons. The number of hydrogen-bond acceptors (Lipinski definition) is 5. The first kappa shape index (κ1) is 16.4. The average Bonchev–Trinajstić information content (AvgIpc) is 2.83. The Labute approximate surface area is 146 Å². The first-order valence-electron chi connectivity index (χ1n) is 6.81. The van der Waals surface area contributed by atoms with Gasteiger partial charge in [0.25, 0.3) is 5.91 Å². The molecule has 1 saturated heterocycles. The van der Waals surface area contributed by atoms with Crippen molar-refractivity contribution in [1.82, 2.24) is 0 Å². The maximum absolute atomic E-state index is 13.0. The summed E-state index contributed by atoms with van der Waals surface area (Å²) in [6.07, 6.45) is 1.47. The van der Waals surface area contributed by atoms with Crippen molar-refractivity contribution >= 4 is 51.9 Å². The topological polar surface area (TPSA) is 60.4 Å². The Morgan fingerprint density at radius 2 is 1.83 bits per heavy atom. The van der Waals surface area contributed by atoms with E-state index in [2.05, 4.69) is 0 Å². The highest BCUT2D eigenvalue weighted by atomic mass is 32.2. The molecule has 0 saturated carbocycles. The number of benzene rings is 2. The summed E-state index contributed by atoms with van der Waals surface area (Å²) in [6.45, 7) is 0. The minimum absolute atomic E-state index is 0.00968. The number of carboxylic acid groups (broad SMARTS) is 1. The van der Waals surface area contributed by atoms with Crippen molar-refractivity contribution in [2.24, 2.45) is 0 Å². The Balaban J connectivity index is 1.97. The monoisotopic (exact) mass is 358 g/mol. The Morgan fingerprint density at radius 1 is 1.17 bits per heavy atom. The van der Waals surface area contributed by atoms with E-state index in [1.165, 1.54) is 41.3 Å². The summed E-state index contributed by atoms with van der Waals surface area (Å²) >= 11 is 6.27. The van der Waals surface area contributed by atoms with Crippen LogP contribution in [-0.4, -0.2) is 16.2 Å². The average molecular weight is 358 g/mol. The first-order chi connectivity index (χ1) is 11.5. The van der Waals surface area contributed by atoms with Crippen LogP contribution in [0.3, 0.4) is 0 Å². The summed E-state index contributed by atoms with van der Waals surface area (Å²) in [4.78, 5) is 25.3. The molecule has 2 aromatic carbocycles. The molecule has 1 fully saturated rings. The second-order valence-corrected chi connectivity index (χ2v) is 6.54. The zero-order valence-electron chi connectivity index (χ0n) is 12.1. The van der Waals surface area contributed by atoms with Crippen LogP contribution in [0.5, 0.6) is 0 Å². The number of carboxylic acids is 1. The standard InChI is InChI=1S/C17H10FNO3S2/c18-11-5-7-12(8-6-11)19-15(20)14(24-17(19)23)9-10-3-1-2-4-13(10)16(21)22/h1-9H,(H,21,22)/p-1/b14-9-. The molecule has 1 amide bonds. The van der Waals surface area contributed by atoms with Gasteiger partial charge in [0.05, 0.1) is 16.6 Å². The number of amides is 1. The number of thiocarbonyl (C=S) groups is 1. The Kier molecular flexibility index (Phi) is 4.46. The molecule has 0 atom stereocenters. The van der Waals surface area contributed by atoms with Crippen molar-refractivity contribution in [3.05, 3.63) is 70.4 Å². The van der Waals surface area contributed by atoms with Crippen LogP contribution in [-0.2, 0) is 4.79 Å². The van der Waals surface area contributed by atoms with Crippen LogP contribution in [0, 0.1) is 5.82 Å². The van der Waals surface area contributed by atoms with Crippen molar-refractivity contribution in [2.75, 3.05) is 4.90 Å². The molecular weight excluding hydrogens is 349 g/mol. The molecule has 0 radical (unpaired) electrons. The predicted octanol–water partition coefficient (Wildman–Crippen LogP) is 2.60. The van der Waals surface area contributed by atoms with Crippen molar-refractivity contribution in [1.29, 1.82) is 0 Å². The number of hydrogen-bond donors (Lipinski definition) is 0. The second kappa shape index (κ2) is 6.54. The van der Waals surface area contributed by atoms with E-state index >= 15 is 0 Å². The van der Waals surface area contributed by atoms with E-state index in [-0.39, 0.29) is 16.4 Å². The van der Waals surface area contributed by atoms with Crippen LogP contribution in [0.25, 0.3) is 6.08 Å². The molecule has 4 nitrogen and oxygen atoms in total. The fourth-order valence-corrected chi connectivity index (χ4v) is 3.52. The smallest absolute Gasteiger partial charge is 0.270 e. The highest BCUT2D eigenvalue weighted by molar-refractivity contribution is 8.27. The molecule has 2 aromatic rings. The molecule has 1 aliphatic heterocycles. The lowest BCUT2D eigenvalue weighted by molar-refractivity contribution is -0.255. The van der Waals surface area contributed by atoms with Gasteiger partial charge in [0.2, 0.25) is 0 Å². The number of halogens is 1. The number of carbonyl (C=O) groups is 2. The molecule has 0 N–H and O–H groups in total. The van der Waals surface area contributed by atoms with E-state index < -0.39 is 11.8 Å². The number of anilines is 1. The molecule has 7 heteroatoms. The zero-order chi connectivity index (χ0) is 17.3. The highest BCUT2D eigenvalue weighted by Crippen LogP contribution is 2.36. The molecule has 1 heterocycles. The lowest BCUT2D eigenvalue weighted by Crippen LogP contribution is -2.27. The van der Waals surface area contributed by atoms with E-state index in [9.17, 15) is 19.1 Å². The summed E-state index contributed by atoms with van der Waals surface area (Å²) in [5.74, 6) is -2.12. The summed E-state index contributed by atoms with van der Waals surface area (Å²) < 4.78 is 13.3. The van der Waals surface area contributed by atoms with E-state index in [0.717, 1.165) is 11.8 Å². The van der Waals surface area contributed by atoms with Gasteiger partial charge in [-0.2, -0.15) is 0 Å². The summed E-state index contributed by atoms with van der Waals surface area (Å²) in [6, 6.07) is 11.6. The SMILES string of the molecule is O=C([O-])c1ccccc1/C=C1\SC(=S)N(c2ccc(F)cc2)C1=O. The molecule has 1 aliphatic rings. The Hall–Kier alpha value is -2.51. The number of nitrogens with zero attached hydrogens (tertiary/aromatic N) is 1. The molecule has 0 spiro atoms. The van der Waals surface area contributed by atoms with E-state index in [1.807, 2.05) is 0 Å². The Morgan fingerprint density at radius 3 is 2.50 bits per heavy atom. The van der Waals surface area contributed by atoms with Crippen LogP contribution in [0.15, 0.2) is 53.4 Å². The van der Waals surface area contributed by atoms with Gasteiger partial charge in [-0.05, 0) is 35.9 Å². The van der Waals surface area contributed by atoms with Gasteiger partial charge in [-0.3, -0.25) is 9.69 Å². The second-order valence-electron chi connectivity index (χ2n) is 4.87. The van der Waals surface area contributed by atoms with Gasteiger partial charge in [-0.15, -0.1) is 0 Å². The Bertz CT molecular complexity index is 878. The number of rotatable bonds is 3. The van der Waals surface area contributed by atoms with Crippen molar-refractivity contribution in [2.45, 2.75) is 0 Å². The van der Waals surface area contributed by atoms with Crippen LogP contribution < -0.4 is 10.0 Å². The van der Waals surface area contributed by atoms with Gasteiger partial charge in [0, 0.05) is 5.56 Å². The van der Waals surface area contributed by atoms with Crippen molar-refractivity contribution in [3.63, 3.8) is 0 Å². The van der Waals surface area contributed by atoms with Gasteiger partial charge in [0.1, 0.15) is 5.82 Å². The largest absolute Gasteiger partial charge is 0.545 e. The van der Waals surface area contributed by atoms with Gasteiger partial charge < -0.3 is 9.90 Å². The molecule has 3 rings (SSSR count). The minimum Gasteiger partial charge on any atom is -0.545 e. The van der Waals surface area contributed by atoms with Crippen LogP contribution in [0.4, 0.5) is 10.1 Å². The van der Waals surface area contributed by atoms with E-state index in [4.69, 9.17) is 12.2 Å². The molecule has 24 heavy (non-hydrogen) atoms. The maximum atomic E-state index is 13.0. The van der Waals surface area contributed by atoms with Crippen molar-refractivity contribution in [3.8, 4) is 0 Å². The van der Waals surface area contributed by atoms with E-state index in [1.54, 1.807) is 18.2 Å². The third kappa shape index (κ3) is 3.08. The van der Waals surface area contributed by atoms with Gasteiger partial charge in [-0.1, -0.05) is 48.2 Å². The van der Waals surface area contributed by atoms with Gasteiger partial charge in [-0.25, -0.2) is 4.39 Å². The normalized spacial score (nSPS) is 16.0. The van der Waals surface area contributed by atoms with Gasteiger partial charge in [0.15, 0.2) is 4.32 Å². The zero-order valence-corrected chi connectivity index (χ0v) is 13.7. The number of carbonyl (C=O) groups excluding carboxylic acids is 2. The highest BCUT2D eigenvalue weighted by Gasteiger charge is 2.33. The van der Waals surface area contributed by atoms with Crippen LogP contribution >= 0.6 is 24.0 Å². The van der Waals surface area contributed by atoms with Crippen LogP contribution in [0.1, 0.15) is 15.9 Å². The lowest BCUT2D eigenvalue weighted by Gasteiger charge is -2.14. The minimum atomic E-state index is -1.32. The third-order valence-corrected chi connectivity index (χ3v) is 4.65. The fraction of sp³-hybridized carbons (Fsp3) is 0. The molecule has 0 unspecified atom stereocenters. The predicted molar refractivity (Wildman–Crippen MR) is 92.8 cm³/mol. The number of thioether (sulfide) groups is 1. The lowest BCUT2D eigenvalue weighted by atomic mass is 10.1. The quantitative estimate of drug-likeness (QED) is 0.623. The van der Waals surface area contributed by atoms with Crippen LogP contribution in [0.2, 0.25) is 0 Å². The summed E-state index contributed by atoms with van der Waals surface area (Å²) in [7, 11) is 0. The molecule has 0 bridgehead atoms. The summed E-state index contributed by atoms with van der Waals surface area (Å²) in [5.41, 5.74) is 0.803. The summed E-state index contributed by atoms with van der Waals surface area (Å²) in [5, 5.41) is 11.2. The first-order valence-corrected chi connectivity index (χ1v) is 8.04. The van der Waals surface area contributed by atoms with Gasteiger partial charge >= 0.3 is 0 Å². The fourth-order valence-electron chi connectivity index (χ4n) is 2.23. The molecular formula is C17H9FNO3S2-. The van der Waals surface area contributed by atoms with Crippen molar-refractivity contribution < 1.29 is 19.1 Å². The van der Waals surface area contributed by atoms with E-state index in [0.29, 0.717) is 15.6 Å². The number of aromatic carboxylic acids is 1.